The van der Waals surface area contributed by atoms with Crippen molar-refractivity contribution in [2.75, 3.05) is 19.0 Å². The molecule has 158 valence electrons. The number of para-hydroxylation sites is 2. The van der Waals surface area contributed by atoms with Crippen molar-refractivity contribution in [3.05, 3.63) is 56.9 Å². The van der Waals surface area contributed by atoms with Crippen LogP contribution in [0.15, 0.2) is 40.1 Å². The topological polar surface area (TPSA) is 104 Å². The highest BCUT2D eigenvalue weighted by Crippen LogP contribution is 2.26. The predicted molar refractivity (Wildman–Crippen MR) is 113 cm³/mol. The minimum absolute atomic E-state index is 0.191. The number of aryl methyl sites for hydroxylation is 2. The van der Waals surface area contributed by atoms with Gasteiger partial charge in [-0.2, -0.15) is 0 Å². The number of methoxy groups -OCH3 is 1. The van der Waals surface area contributed by atoms with Crippen LogP contribution in [0.1, 0.15) is 18.9 Å². The van der Waals surface area contributed by atoms with Crippen LogP contribution in [0, 0.1) is 0 Å². The van der Waals surface area contributed by atoms with Crippen molar-refractivity contribution in [2.24, 2.45) is 14.1 Å². The molecule has 0 atom stereocenters. The van der Waals surface area contributed by atoms with Gasteiger partial charge in [-0.3, -0.25) is 18.7 Å². The second-order valence-corrected chi connectivity index (χ2v) is 6.80. The van der Waals surface area contributed by atoms with Gasteiger partial charge in [0.25, 0.3) is 11.5 Å². The molecule has 0 aliphatic carbocycles. The first-order chi connectivity index (χ1) is 14.4. The van der Waals surface area contributed by atoms with Crippen LogP contribution >= 0.6 is 0 Å². The average molecular weight is 412 g/mol. The maximum absolute atomic E-state index is 12.8. The van der Waals surface area contributed by atoms with E-state index in [4.69, 9.17) is 9.47 Å². The number of carbonyl (C=O) groups excluding carboxylic acids is 1. The summed E-state index contributed by atoms with van der Waals surface area (Å²) in [5.74, 6) is 0.499. The molecule has 0 aliphatic rings. The van der Waals surface area contributed by atoms with E-state index >= 15 is 0 Å². The van der Waals surface area contributed by atoms with E-state index in [0.29, 0.717) is 29.2 Å². The first kappa shape index (κ1) is 21.1. The summed E-state index contributed by atoms with van der Waals surface area (Å²) in [4.78, 5) is 42.0. The monoisotopic (exact) mass is 412 g/mol. The fraction of sp³-hybridized carbons (Fsp3) is 0.333. The molecular formula is C21H24N4O5. The predicted octanol–water partition coefficient (Wildman–Crippen LogP) is 1.61. The van der Waals surface area contributed by atoms with Crippen molar-refractivity contribution >= 4 is 22.6 Å². The Labute approximate surface area is 172 Å². The molecule has 0 unspecified atom stereocenters. The molecule has 2 aromatic heterocycles. The van der Waals surface area contributed by atoms with Gasteiger partial charge in [0, 0.05) is 20.3 Å². The highest BCUT2D eigenvalue weighted by atomic mass is 16.5. The molecule has 0 spiro atoms. The quantitative estimate of drug-likeness (QED) is 0.632. The fourth-order valence-electron chi connectivity index (χ4n) is 3.23. The highest BCUT2D eigenvalue weighted by molar-refractivity contribution is 6.01. The Bertz CT molecular complexity index is 1210. The molecule has 0 fully saturated rings. The van der Waals surface area contributed by atoms with Crippen molar-refractivity contribution < 1.29 is 14.3 Å². The van der Waals surface area contributed by atoms with Gasteiger partial charge in [-0.25, -0.2) is 9.78 Å². The van der Waals surface area contributed by atoms with Crippen LogP contribution in [0.3, 0.4) is 0 Å². The molecule has 1 amide bonds. The lowest BCUT2D eigenvalue weighted by Crippen LogP contribution is -2.38. The van der Waals surface area contributed by atoms with E-state index in [-0.39, 0.29) is 17.6 Å². The number of amides is 1. The lowest BCUT2D eigenvalue weighted by atomic mass is 10.1. The van der Waals surface area contributed by atoms with Gasteiger partial charge >= 0.3 is 5.69 Å². The first-order valence-corrected chi connectivity index (χ1v) is 9.52. The van der Waals surface area contributed by atoms with Crippen LogP contribution in [0.5, 0.6) is 11.5 Å². The van der Waals surface area contributed by atoms with Crippen molar-refractivity contribution in [3.8, 4) is 11.5 Å². The SMILES string of the molecule is CCCc1cnc2c(c1NC(=O)COc1ccccc1OC)c(=O)n(C)c(=O)n2C. The molecule has 2 heterocycles. The van der Waals surface area contributed by atoms with Crippen molar-refractivity contribution in [1.29, 1.82) is 0 Å². The summed E-state index contributed by atoms with van der Waals surface area (Å²) in [6.45, 7) is 1.71. The number of nitrogens with one attached hydrogen (secondary N) is 1. The number of hydrogen-bond donors (Lipinski definition) is 1. The first-order valence-electron chi connectivity index (χ1n) is 9.52. The van der Waals surface area contributed by atoms with E-state index in [2.05, 4.69) is 10.3 Å². The van der Waals surface area contributed by atoms with Crippen molar-refractivity contribution in [3.63, 3.8) is 0 Å². The number of ether oxygens (including phenoxy) is 2. The Morgan fingerprint density at radius 2 is 1.83 bits per heavy atom. The lowest BCUT2D eigenvalue weighted by molar-refractivity contribution is -0.118. The van der Waals surface area contributed by atoms with E-state index in [1.807, 2.05) is 6.92 Å². The Morgan fingerprint density at radius 3 is 2.50 bits per heavy atom. The summed E-state index contributed by atoms with van der Waals surface area (Å²) >= 11 is 0. The molecule has 0 bridgehead atoms. The Kier molecular flexibility index (Phi) is 6.20. The molecule has 3 aromatic rings. The minimum atomic E-state index is -0.514. The Morgan fingerprint density at radius 1 is 1.13 bits per heavy atom. The van der Waals surface area contributed by atoms with Gasteiger partial charge in [-0.05, 0) is 24.1 Å². The molecule has 30 heavy (non-hydrogen) atoms. The van der Waals surface area contributed by atoms with Gasteiger partial charge in [0.05, 0.1) is 12.8 Å². The molecule has 1 N–H and O–H groups in total. The fourth-order valence-corrected chi connectivity index (χ4v) is 3.23. The minimum Gasteiger partial charge on any atom is -0.493 e. The number of pyridine rings is 1. The number of hydrogen-bond acceptors (Lipinski definition) is 6. The van der Waals surface area contributed by atoms with Gasteiger partial charge in [0.2, 0.25) is 0 Å². The third kappa shape index (κ3) is 3.91. The smallest absolute Gasteiger partial charge is 0.332 e. The third-order valence-corrected chi connectivity index (χ3v) is 4.76. The highest BCUT2D eigenvalue weighted by Gasteiger charge is 2.19. The second-order valence-electron chi connectivity index (χ2n) is 6.80. The van der Waals surface area contributed by atoms with E-state index < -0.39 is 17.2 Å². The van der Waals surface area contributed by atoms with Gasteiger partial charge in [-0.1, -0.05) is 25.5 Å². The number of rotatable bonds is 7. The molecule has 0 radical (unpaired) electrons. The van der Waals surface area contributed by atoms with Crippen LogP contribution < -0.4 is 26.0 Å². The standard InChI is InChI=1S/C21H24N4O5/c1-5-8-13-11-22-19-17(20(27)25(3)21(28)24(19)2)18(13)23-16(26)12-30-15-10-7-6-9-14(15)29-4/h6-7,9-11H,5,8,12H2,1-4H3,(H,22,23,26). The van der Waals surface area contributed by atoms with Crippen LogP contribution in [0.25, 0.3) is 11.0 Å². The normalized spacial score (nSPS) is 10.8. The Balaban J connectivity index is 1.99. The summed E-state index contributed by atoms with van der Waals surface area (Å²) in [6.07, 6.45) is 2.99. The number of fused-ring (bicyclic) bond motifs is 1. The third-order valence-electron chi connectivity index (χ3n) is 4.76. The summed E-state index contributed by atoms with van der Waals surface area (Å²) < 4.78 is 13.1. The van der Waals surface area contributed by atoms with Gasteiger partial charge in [-0.15, -0.1) is 0 Å². The van der Waals surface area contributed by atoms with Crippen LogP contribution in [0.2, 0.25) is 0 Å². The maximum atomic E-state index is 12.8. The zero-order valence-electron chi connectivity index (χ0n) is 17.4. The van der Waals surface area contributed by atoms with Crippen LogP contribution in [-0.4, -0.2) is 33.7 Å². The van der Waals surface area contributed by atoms with E-state index in [0.717, 1.165) is 11.0 Å². The summed E-state index contributed by atoms with van der Waals surface area (Å²) in [7, 11) is 4.45. The largest absolute Gasteiger partial charge is 0.493 e. The average Bonchev–Trinajstić information content (AvgIpc) is 2.76. The van der Waals surface area contributed by atoms with E-state index in [1.54, 1.807) is 30.5 Å². The van der Waals surface area contributed by atoms with E-state index in [1.165, 1.54) is 25.8 Å². The maximum Gasteiger partial charge on any atom is 0.332 e. The van der Waals surface area contributed by atoms with E-state index in [9.17, 15) is 14.4 Å². The molecule has 9 heteroatoms. The van der Waals surface area contributed by atoms with Gasteiger partial charge in [0.15, 0.2) is 23.8 Å². The molecule has 3 rings (SSSR count). The second kappa shape index (κ2) is 8.81. The number of benzene rings is 1. The number of carbonyl (C=O) groups is 1. The molecular weight excluding hydrogens is 388 g/mol. The van der Waals surface area contributed by atoms with Crippen LogP contribution in [-0.2, 0) is 25.3 Å². The zero-order chi connectivity index (χ0) is 21.8. The molecule has 0 saturated carbocycles. The van der Waals surface area contributed by atoms with Gasteiger partial charge < -0.3 is 14.8 Å². The van der Waals surface area contributed by atoms with Gasteiger partial charge in [0.1, 0.15) is 5.39 Å². The summed E-state index contributed by atoms with van der Waals surface area (Å²) in [5, 5.41) is 2.98. The summed E-state index contributed by atoms with van der Waals surface area (Å²) in [5.41, 5.74) is 0.279. The molecule has 0 aliphatic heterocycles. The molecule has 9 nitrogen and oxygen atoms in total. The number of aromatic nitrogens is 3. The Hall–Kier alpha value is -3.62. The number of anilines is 1. The van der Waals surface area contributed by atoms with Crippen molar-refractivity contribution in [2.45, 2.75) is 19.8 Å². The van der Waals surface area contributed by atoms with Crippen molar-refractivity contribution in [1.82, 2.24) is 14.1 Å². The number of nitrogens with zero attached hydrogens (tertiary/aromatic N) is 3. The zero-order valence-corrected chi connectivity index (χ0v) is 17.4. The lowest BCUT2D eigenvalue weighted by Gasteiger charge is -2.16. The summed E-state index contributed by atoms with van der Waals surface area (Å²) in [6, 6.07) is 7.00. The van der Waals surface area contributed by atoms with Crippen LogP contribution in [0.4, 0.5) is 5.69 Å². The molecule has 0 saturated heterocycles. The molecule has 1 aromatic carbocycles.